The van der Waals surface area contributed by atoms with Gasteiger partial charge in [-0.3, -0.25) is 0 Å². The smallest absolute Gasteiger partial charge is 0.0999 e. The molecule has 0 aliphatic rings. The summed E-state index contributed by atoms with van der Waals surface area (Å²) in [5.74, 6) is 0. The molecule has 102 valence electrons. The fourth-order valence-corrected chi connectivity index (χ4v) is 2.37. The van der Waals surface area contributed by atoms with Crippen LogP contribution in [0.15, 0.2) is 18.2 Å². The summed E-state index contributed by atoms with van der Waals surface area (Å²) < 4.78 is 1.94. The minimum absolute atomic E-state index is 0.448. The second-order valence-electron chi connectivity index (χ2n) is 5.05. The molecule has 0 saturated heterocycles. The molecular formula is C15H22N4. The number of aryl methyl sites for hydroxylation is 2. The first kappa shape index (κ1) is 13.7. The number of rotatable bonds is 5. The van der Waals surface area contributed by atoms with Crippen molar-refractivity contribution < 1.29 is 0 Å². The van der Waals surface area contributed by atoms with Crippen molar-refractivity contribution in [3.05, 3.63) is 40.7 Å². The molecule has 4 heteroatoms. The van der Waals surface area contributed by atoms with Crippen molar-refractivity contribution in [1.29, 1.82) is 0 Å². The average molecular weight is 258 g/mol. The van der Waals surface area contributed by atoms with Crippen molar-refractivity contribution in [2.45, 2.75) is 46.6 Å². The van der Waals surface area contributed by atoms with E-state index in [0.29, 0.717) is 6.54 Å². The van der Waals surface area contributed by atoms with Crippen LogP contribution in [0.5, 0.6) is 0 Å². The molecule has 0 fully saturated rings. The first-order valence-electron chi connectivity index (χ1n) is 6.88. The Balaban J connectivity index is 2.45. The third-order valence-corrected chi connectivity index (χ3v) is 3.26. The lowest BCUT2D eigenvalue weighted by Gasteiger charge is -2.09. The third-order valence-electron chi connectivity index (χ3n) is 3.26. The Morgan fingerprint density at radius 2 is 1.84 bits per heavy atom. The molecule has 1 heterocycles. The van der Waals surface area contributed by atoms with E-state index in [4.69, 9.17) is 5.73 Å². The Morgan fingerprint density at radius 3 is 2.42 bits per heavy atom. The highest BCUT2D eigenvalue weighted by Gasteiger charge is 2.13. The highest BCUT2D eigenvalue weighted by Crippen LogP contribution is 2.18. The quantitative estimate of drug-likeness (QED) is 0.897. The molecule has 0 unspecified atom stereocenters. The van der Waals surface area contributed by atoms with Gasteiger partial charge in [-0.15, -0.1) is 5.10 Å². The molecule has 0 atom stereocenters. The van der Waals surface area contributed by atoms with Gasteiger partial charge in [-0.1, -0.05) is 24.6 Å². The van der Waals surface area contributed by atoms with Gasteiger partial charge in [0, 0.05) is 6.54 Å². The van der Waals surface area contributed by atoms with Crippen molar-refractivity contribution >= 4 is 0 Å². The fourth-order valence-electron chi connectivity index (χ4n) is 2.37. The Kier molecular flexibility index (Phi) is 4.32. The number of benzene rings is 1. The van der Waals surface area contributed by atoms with Gasteiger partial charge >= 0.3 is 0 Å². The molecular weight excluding hydrogens is 236 g/mol. The van der Waals surface area contributed by atoms with E-state index in [-0.39, 0.29) is 0 Å². The summed E-state index contributed by atoms with van der Waals surface area (Å²) >= 11 is 0. The second kappa shape index (κ2) is 5.97. The molecule has 0 amide bonds. The summed E-state index contributed by atoms with van der Waals surface area (Å²) in [6, 6.07) is 6.44. The zero-order valence-corrected chi connectivity index (χ0v) is 12.0. The monoisotopic (exact) mass is 258 g/mol. The maximum absolute atomic E-state index is 5.76. The molecule has 1 aromatic heterocycles. The van der Waals surface area contributed by atoms with E-state index in [0.717, 1.165) is 36.3 Å². The van der Waals surface area contributed by atoms with E-state index >= 15 is 0 Å². The zero-order chi connectivity index (χ0) is 13.8. The summed E-state index contributed by atoms with van der Waals surface area (Å²) in [6.07, 6.45) is 3.26. The van der Waals surface area contributed by atoms with Crippen molar-refractivity contribution in [1.82, 2.24) is 15.0 Å². The summed E-state index contributed by atoms with van der Waals surface area (Å²) in [4.78, 5) is 0. The minimum Gasteiger partial charge on any atom is -0.325 e. The van der Waals surface area contributed by atoms with E-state index in [2.05, 4.69) is 49.3 Å². The number of hydrogen-bond donors (Lipinski definition) is 1. The largest absolute Gasteiger partial charge is 0.325 e. The van der Waals surface area contributed by atoms with Crippen LogP contribution >= 0.6 is 0 Å². The van der Waals surface area contributed by atoms with Crippen LogP contribution in [-0.4, -0.2) is 15.0 Å². The molecule has 0 bridgehead atoms. The molecule has 0 aliphatic carbocycles. The van der Waals surface area contributed by atoms with Gasteiger partial charge < -0.3 is 5.73 Å². The molecule has 2 aromatic rings. The van der Waals surface area contributed by atoms with Gasteiger partial charge in [-0.05, 0) is 49.9 Å². The lowest BCUT2D eigenvalue weighted by molar-refractivity contribution is 0.713. The molecule has 4 nitrogen and oxygen atoms in total. The molecule has 2 rings (SSSR count). The number of aromatic nitrogens is 3. The lowest BCUT2D eigenvalue weighted by atomic mass is 10.1. The SMILES string of the molecule is CCCCc1c(CN)nnn1-c1cc(C)cc(C)c1. The van der Waals surface area contributed by atoms with E-state index in [9.17, 15) is 0 Å². The highest BCUT2D eigenvalue weighted by atomic mass is 15.4. The van der Waals surface area contributed by atoms with Crippen molar-refractivity contribution in [2.24, 2.45) is 5.73 Å². The number of unbranched alkanes of at least 4 members (excludes halogenated alkanes) is 1. The molecule has 0 saturated carbocycles. The van der Waals surface area contributed by atoms with Crippen LogP contribution in [-0.2, 0) is 13.0 Å². The Hall–Kier alpha value is -1.68. The van der Waals surface area contributed by atoms with Gasteiger partial charge in [-0.25, -0.2) is 4.68 Å². The molecule has 0 radical (unpaired) electrons. The van der Waals surface area contributed by atoms with E-state index < -0.39 is 0 Å². The number of nitrogens with zero attached hydrogens (tertiary/aromatic N) is 3. The van der Waals surface area contributed by atoms with Crippen LogP contribution in [0.25, 0.3) is 5.69 Å². The van der Waals surface area contributed by atoms with Crippen LogP contribution in [0.2, 0.25) is 0 Å². The van der Waals surface area contributed by atoms with Crippen molar-refractivity contribution in [3.63, 3.8) is 0 Å². The van der Waals surface area contributed by atoms with Crippen LogP contribution in [0.4, 0.5) is 0 Å². The van der Waals surface area contributed by atoms with Gasteiger partial charge in [-0.2, -0.15) is 0 Å². The van der Waals surface area contributed by atoms with Gasteiger partial charge in [0.1, 0.15) is 0 Å². The minimum atomic E-state index is 0.448. The van der Waals surface area contributed by atoms with Gasteiger partial charge in [0.05, 0.1) is 17.1 Å². The second-order valence-corrected chi connectivity index (χ2v) is 5.05. The maximum Gasteiger partial charge on any atom is 0.0999 e. The van der Waals surface area contributed by atoms with Crippen molar-refractivity contribution in [3.8, 4) is 5.69 Å². The standard InChI is InChI=1S/C15H22N4/c1-4-5-6-15-14(10-16)17-18-19(15)13-8-11(2)7-12(3)9-13/h7-9H,4-6,10,16H2,1-3H3. The predicted octanol–water partition coefficient (Wildman–Crippen LogP) is 2.69. The van der Waals surface area contributed by atoms with Crippen LogP contribution < -0.4 is 5.73 Å². The molecule has 0 aliphatic heterocycles. The fraction of sp³-hybridized carbons (Fsp3) is 0.467. The molecule has 0 spiro atoms. The summed E-state index contributed by atoms with van der Waals surface area (Å²) in [5, 5.41) is 8.49. The third kappa shape index (κ3) is 3.01. The topological polar surface area (TPSA) is 56.7 Å². The maximum atomic E-state index is 5.76. The van der Waals surface area contributed by atoms with Crippen LogP contribution in [0.3, 0.4) is 0 Å². The van der Waals surface area contributed by atoms with E-state index in [1.165, 1.54) is 11.1 Å². The first-order chi connectivity index (χ1) is 9.15. The number of nitrogens with two attached hydrogens (primary N) is 1. The average Bonchev–Trinajstić information content (AvgIpc) is 2.77. The zero-order valence-electron chi connectivity index (χ0n) is 12.0. The first-order valence-corrected chi connectivity index (χ1v) is 6.88. The van der Waals surface area contributed by atoms with E-state index in [1.54, 1.807) is 0 Å². The van der Waals surface area contributed by atoms with Crippen LogP contribution in [0, 0.1) is 13.8 Å². The van der Waals surface area contributed by atoms with Gasteiger partial charge in [0.25, 0.3) is 0 Å². The summed E-state index contributed by atoms with van der Waals surface area (Å²) in [7, 11) is 0. The molecule has 2 N–H and O–H groups in total. The normalized spacial score (nSPS) is 10.9. The predicted molar refractivity (Wildman–Crippen MR) is 77.3 cm³/mol. The summed E-state index contributed by atoms with van der Waals surface area (Å²) in [6.45, 7) is 6.84. The lowest BCUT2D eigenvalue weighted by Crippen LogP contribution is -2.06. The van der Waals surface area contributed by atoms with E-state index in [1.807, 2.05) is 4.68 Å². The van der Waals surface area contributed by atoms with Gasteiger partial charge in [0.15, 0.2) is 0 Å². The Bertz CT molecular complexity index is 537. The van der Waals surface area contributed by atoms with Crippen molar-refractivity contribution in [2.75, 3.05) is 0 Å². The molecule has 1 aromatic carbocycles. The summed E-state index contributed by atoms with van der Waals surface area (Å²) in [5.41, 5.74) is 11.4. The number of hydrogen-bond acceptors (Lipinski definition) is 3. The molecule has 19 heavy (non-hydrogen) atoms. The highest BCUT2D eigenvalue weighted by molar-refractivity contribution is 5.40. The van der Waals surface area contributed by atoms with Crippen LogP contribution in [0.1, 0.15) is 42.3 Å². The Labute approximate surface area is 114 Å². The Morgan fingerprint density at radius 1 is 1.16 bits per heavy atom. The van der Waals surface area contributed by atoms with Gasteiger partial charge in [0.2, 0.25) is 0 Å².